The van der Waals surface area contributed by atoms with E-state index in [-0.39, 0.29) is 18.4 Å². The van der Waals surface area contributed by atoms with E-state index in [2.05, 4.69) is 10.6 Å². The second-order valence-electron chi connectivity index (χ2n) is 7.61. The van der Waals surface area contributed by atoms with Gasteiger partial charge in [0.25, 0.3) is 11.8 Å². The first-order valence-corrected chi connectivity index (χ1v) is 10.4. The van der Waals surface area contributed by atoms with Crippen LogP contribution in [0, 0.1) is 13.8 Å². The number of amides is 2. The number of aryl methyl sites for hydroxylation is 2. The molecule has 0 radical (unpaired) electrons. The minimum atomic E-state index is -0.463. The fourth-order valence-electron chi connectivity index (χ4n) is 3.28. The lowest BCUT2D eigenvalue weighted by atomic mass is 10.1. The summed E-state index contributed by atoms with van der Waals surface area (Å²) in [5, 5.41) is 5.56. The smallest absolute Gasteiger partial charge is 0.272 e. The molecule has 3 aromatic carbocycles. The Morgan fingerprint density at radius 3 is 2.39 bits per heavy atom. The zero-order chi connectivity index (χ0) is 23.4. The van der Waals surface area contributed by atoms with Gasteiger partial charge in [-0.15, -0.1) is 0 Å². The van der Waals surface area contributed by atoms with Gasteiger partial charge in [-0.05, 0) is 85.1 Å². The molecule has 0 unspecified atom stereocenters. The van der Waals surface area contributed by atoms with Crippen molar-refractivity contribution in [2.75, 3.05) is 19.2 Å². The van der Waals surface area contributed by atoms with Crippen molar-refractivity contribution in [3.05, 3.63) is 88.6 Å². The highest BCUT2D eigenvalue weighted by molar-refractivity contribution is 6.10. The number of methoxy groups -OCH3 is 1. The summed E-state index contributed by atoms with van der Waals surface area (Å²) in [6.45, 7) is 4.06. The van der Waals surface area contributed by atoms with Crippen LogP contribution in [0.5, 0.6) is 17.2 Å². The maximum Gasteiger partial charge on any atom is 0.272 e. The fraction of sp³-hybridized carbons (Fsp3) is 0.154. The average Bonchev–Trinajstić information content (AvgIpc) is 3.28. The first kappa shape index (κ1) is 22.0. The van der Waals surface area contributed by atoms with E-state index >= 15 is 0 Å². The van der Waals surface area contributed by atoms with Crippen LogP contribution in [0.1, 0.15) is 27.0 Å². The minimum absolute atomic E-state index is 0.0907. The van der Waals surface area contributed by atoms with E-state index < -0.39 is 5.91 Å². The lowest BCUT2D eigenvalue weighted by Crippen LogP contribution is -2.30. The summed E-state index contributed by atoms with van der Waals surface area (Å²) in [5.41, 5.74) is 3.88. The molecular formula is C26H24N2O5. The van der Waals surface area contributed by atoms with E-state index in [1.54, 1.807) is 67.8 Å². The van der Waals surface area contributed by atoms with E-state index in [4.69, 9.17) is 14.2 Å². The van der Waals surface area contributed by atoms with Gasteiger partial charge >= 0.3 is 0 Å². The number of hydrogen-bond donors (Lipinski definition) is 2. The molecule has 2 N–H and O–H groups in total. The van der Waals surface area contributed by atoms with Crippen LogP contribution in [-0.2, 0) is 4.79 Å². The first-order chi connectivity index (χ1) is 15.9. The van der Waals surface area contributed by atoms with Crippen LogP contribution in [0.4, 0.5) is 5.69 Å². The number of carbonyl (C=O) groups excluding carboxylic acids is 2. The van der Waals surface area contributed by atoms with Crippen LogP contribution in [0.2, 0.25) is 0 Å². The summed E-state index contributed by atoms with van der Waals surface area (Å²) in [4.78, 5) is 26.1. The number of benzene rings is 3. The largest absolute Gasteiger partial charge is 0.497 e. The summed E-state index contributed by atoms with van der Waals surface area (Å²) < 4.78 is 15.9. The number of ether oxygens (including phenoxy) is 3. The molecule has 0 aliphatic carbocycles. The van der Waals surface area contributed by atoms with Crippen LogP contribution in [0.3, 0.4) is 0 Å². The van der Waals surface area contributed by atoms with Crippen LogP contribution < -0.4 is 24.8 Å². The van der Waals surface area contributed by atoms with Gasteiger partial charge in [0.05, 0.1) is 7.11 Å². The lowest BCUT2D eigenvalue weighted by Gasteiger charge is -2.12. The molecule has 1 aliphatic heterocycles. The Balaban J connectivity index is 1.62. The normalized spacial score (nSPS) is 12.3. The Labute approximate surface area is 192 Å². The van der Waals surface area contributed by atoms with E-state index in [0.29, 0.717) is 34.1 Å². The molecular weight excluding hydrogens is 420 g/mol. The molecule has 2 amide bonds. The molecule has 4 rings (SSSR count). The Morgan fingerprint density at radius 1 is 0.909 bits per heavy atom. The SMILES string of the molecule is COc1ccc(NC(=O)/C(=C/c2ccc3c(c2)OCO3)NC(=O)c2ccc(C)c(C)c2)cc1. The molecule has 7 nitrogen and oxygen atoms in total. The van der Waals surface area contributed by atoms with Crippen molar-refractivity contribution in [1.82, 2.24) is 5.32 Å². The predicted molar refractivity (Wildman–Crippen MR) is 126 cm³/mol. The molecule has 0 fully saturated rings. The van der Waals surface area contributed by atoms with E-state index in [1.807, 2.05) is 19.9 Å². The molecule has 1 aliphatic rings. The summed E-state index contributed by atoms with van der Waals surface area (Å²) in [5.74, 6) is 1.05. The van der Waals surface area contributed by atoms with E-state index in [9.17, 15) is 9.59 Å². The number of carbonyl (C=O) groups is 2. The monoisotopic (exact) mass is 444 g/mol. The van der Waals surface area contributed by atoms with Gasteiger partial charge in [-0.1, -0.05) is 12.1 Å². The van der Waals surface area contributed by atoms with Gasteiger partial charge in [0.1, 0.15) is 11.4 Å². The zero-order valence-corrected chi connectivity index (χ0v) is 18.6. The highest BCUT2D eigenvalue weighted by Gasteiger charge is 2.17. The highest BCUT2D eigenvalue weighted by atomic mass is 16.7. The minimum Gasteiger partial charge on any atom is -0.497 e. The van der Waals surface area contributed by atoms with Gasteiger partial charge in [-0.2, -0.15) is 0 Å². The number of anilines is 1. The first-order valence-electron chi connectivity index (χ1n) is 10.4. The third-order valence-electron chi connectivity index (χ3n) is 5.32. The highest BCUT2D eigenvalue weighted by Crippen LogP contribution is 2.33. The van der Waals surface area contributed by atoms with Gasteiger partial charge < -0.3 is 24.8 Å². The van der Waals surface area contributed by atoms with Crippen molar-refractivity contribution in [3.63, 3.8) is 0 Å². The Hall–Kier alpha value is -4.26. The van der Waals surface area contributed by atoms with Crippen LogP contribution in [-0.4, -0.2) is 25.7 Å². The van der Waals surface area contributed by atoms with Crippen LogP contribution >= 0.6 is 0 Å². The average molecular weight is 444 g/mol. The molecule has 168 valence electrons. The Morgan fingerprint density at radius 2 is 1.67 bits per heavy atom. The van der Waals surface area contributed by atoms with Gasteiger partial charge in [0.15, 0.2) is 11.5 Å². The number of fused-ring (bicyclic) bond motifs is 1. The van der Waals surface area contributed by atoms with Crippen molar-refractivity contribution >= 4 is 23.6 Å². The molecule has 3 aromatic rings. The maximum absolute atomic E-state index is 13.1. The lowest BCUT2D eigenvalue weighted by molar-refractivity contribution is -0.113. The summed E-state index contributed by atoms with van der Waals surface area (Å²) in [6, 6.07) is 17.6. The van der Waals surface area contributed by atoms with Crippen LogP contribution in [0.15, 0.2) is 66.4 Å². The molecule has 0 saturated carbocycles. The third kappa shape index (κ3) is 5.15. The summed E-state index contributed by atoms with van der Waals surface area (Å²) >= 11 is 0. The standard InChI is InChI=1S/C26H24N2O5/c1-16-4-6-19(12-17(16)2)25(29)28-22(13-18-5-11-23-24(14-18)33-15-32-23)26(30)27-20-7-9-21(31-3)10-8-20/h4-14H,15H2,1-3H3,(H,27,30)(H,28,29)/b22-13-. The molecule has 0 atom stereocenters. The van der Waals surface area contributed by atoms with E-state index in [1.165, 1.54) is 0 Å². The number of rotatable bonds is 6. The summed E-state index contributed by atoms with van der Waals surface area (Å²) in [7, 11) is 1.57. The second-order valence-corrected chi connectivity index (χ2v) is 7.61. The number of hydrogen-bond acceptors (Lipinski definition) is 5. The van der Waals surface area contributed by atoms with Gasteiger partial charge in [0, 0.05) is 11.3 Å². The van der Waals surface area contributed by atoms with Crippen molar-refractivity contribution < 1.29 is 23.8 Å². The van der Waals surface area contributed by atoms with Crippen LogP contribution in [0.25, 0.3) is 6.08 Å². The second kappa shape index (κ2) is 9.48. The van der Waals surface area contributed by atoms with Crippen molar-refractivity contribution in [1.29, 1.82) is 0 Å². The van der Waals surface area contributed by atoms with Crippen molar-refractivity contribution in [2.45, 2.75) is 13.8 Å². The molecule has 0 saturated heterocycles. The Bertz CT molecular complexity index is 1230. The fourth-order valence-corrected chi connectivity index (χ4v) is 3.28. The molecule has 0 bridgehead atoms. The predicted octanol–water partition coefficient (Wildman–Crippen LogP) is 4.45. The summed E-state index contributed by atoms with van der Waals surface area (Å²) in [6.07, 6.45) is 1.60. The molecule has 0 spiro atoms. The maximum atomic E-state index is 13.1. The van der Waals surface area contributed by atoms with Gasteiger partial charge in [-0.3, -0.25) is 9.59 Å². The van der Waals surface area contributed by atoms with Gasteiger partial charge in [-0.25, -0.2) is 0 Å². The molecule has 33 heavy (non-hydrogen) atoms. The zero-order valence-electron chi connectivity index (χ0n) is 18.6. The van der Waals surface area contributed by atoms with E-state index in [0.717, 1.165) is 11.1 Å². The number of nitrogens with one attached hydrogen (secondary N) is 2. The van der Waals surface area contributed by atoms with Crippen molar-refractivity contribution in [3.8, 4) is 17.2 Å². The quantitative estimate of drug-likeness (QED) is 0.549. The van der Waals surface area contributed by atoms with Gasteiger partial charge in [0.2, 0.25) is 6.79 Å². The molecule has 1 heterocycles. The Kier molecular flexibility index (Phi) is 6.31. The third-order valence-corrected chi connectivity index (χ3v) is 5.32. The van der Waals surface area contributed by atoms with Crippen molar-refractivity contribution in [2.24, 2.45) is 0 Å². The molecule has 0 aromatic heterocycles. The molecule has 7 heteroatoms. The topological polar surface area (TPSA) is 85.9 Å².